The third-order valence-corrected chi connectivity index (χ3v) is 5.01. The molecule has 0 saturated heterocycles. The largest absolute Gasteiger partial charge is 0.398 e. The van der Waals surface area contributed by atoms with Crippen molar-refractivity contribution in [2.45, 2.75) is 12.8 Å². The van der Waals surface area contributed by atoms with Crippen molar-refractivity contribution in [1.29, 1.82) is 0 Å². The van der Waals surface area contributed by atoms with Crippen molar-refractivity contribution >= 4 is 5.69 Å². The lowest BCUT2D eigenvalue weighted by Gasteiger charge is -2.21. The Morgan fingerprint density at radius 1 is 0.593 bits per heavy atom. The van der Waals surface area contributed by atoms with Gasteiger partial charge in [0.05, 0.1) is 0 Å². The number of anilines is 1. The Morgan fingerprint density at radius 3 is 1.96 bits per heavy atom. The zero-order valence-corrected chi connectivity index (χ0v) is 15.5. The quantitative estimate of drug-likeness (QED) is 0.334. The average molecular weight is 349 g/mol. The van der Waals surface area contributed by atoms with Gasteiger partial charge in [-0.25, -0.2) is 0 Å². The highest BCUT2D eigenvalue weighted by molar-refractivity contribution is 5.66. The highest BCUT2D eigenvalue weighted by Crippen LogP contribution is 2.36. The molecule has 0 aromatic heterocycles. The van der Waals surface area contributed by atoms with Gasteiger partial charge in [0.15, 0.2) is 0 Å². The Labute approximate surface area is 161 Å². The first-order valence-corrected chi connectivity index (χ1v) is 9.29. The standard InChI is InChI=1S/C26H23N/c1-19-9-7-12-21(17-19)22-13-8-14-23(18-22)26(20-10-3-2-4-11-20)24-15-5-6-16-25(24)27/h2-18,26H,27H2,1H3. The predicted molar refractivity (Wildman–Crippen MR) is 115 cm³/mol. The summed E-state index contributed by atoms with van der Waals surface area (Å²) >= 11 is 0. The molecule has 0 radical (unpaired) electrons. The van der Waals surface area contributed by atoms with E-state index in [-0.39, 0.29) is 5.92 Å². The van der Waals surface area contributed by atoms with E-state index >= 15 is 0 Å². The van der Waals surface area contributed by atoms with Crippen molar-refractivity contribution in [3.8, 4) is 11.1 Å². The SMILES string of the molecule is Cc1cccc(-c2cccc(C(c3ccccc3)c3ccccc3N)c2)c1. The Morgan fingerprint density at radius 2 is 1.22 bits per heavy atom. The normalized spacial score (nSPS) is 11.9. The summed E-state index contributed by atoms with van der Waals surface area (Å²) in [5, 5.41) is 0. The van der Waals surface area contributed by atoms with Crippen LogP contribution in [0.4, 0.5) is 5.69 Å². The van der Waals surface area contributed by atoms with E-state index < -0.39 is 0 Å². The van der Waals surface area contributed by atoms with Crippen LogP contribution >= 0.6 is 0 Å². The lowest BCUT2D eigenvalue weighted by atomic mass is 9.83. The second-order valence-corrected chi connectivity index (χ2v) is 6.97. The van der Waals surface area contributed by atoms with E-state index in [0.29, 0.717) is 0 Å². The second kappa shape index (κ2) is 7.51. The highest BCUT2D eigenvalue weighted by atomic mass is 14.6. The minimum atomic E-state index is 0.108. The van der Waals surface area contributed by atoms with Gasteiger partial charge in [-0.1, -0.05) is 103 Å². The van der Waals surface area contributed by atoms with E-state index in [1.807, 2.05) is 12.1 Å². The fourth-order valence-electron chi connectivity index (χ4n) is 3.69. The molecule has 1 atom stereocenters. The minimum absolute atomic E-state index is 0.108. The van der Waals surface area contributed by atoms with Gasteiger partial charge >= 0.3 is 0 Å². The molecule has 0 heterocycles. The Kier molecular flexibility index (Phi) is 4.76. The van der Waals surface area contributed by atoms with Crippen LogP contribution in [0.3, 0.4) is 0 Å². The van der Waals surface area contributed by atoms with Gasteiger partial charge in [-0.15, -0.1) is 0 Å². The van der Waals surface area contributed by atoms with Crippen LogP contribution in [0.2, 0.25) is 0 Å². The van der Waals surface area contributed by atoms with Gasteiger partial charge in [0.25, 0.3) is 0 Å². The zero-order chi connectivity index (χ0) is 18.6. The van der Waals surface area contributed by atoms with Crippen LogP contribution < -0.4 is 5.73 Å². The molecule has 4 aromatic rings. The lowest BCUT2D eigenvalue weighted by molar-refractivity contribution is 0.981. The number of aryl methyl sites for hydroxylation is 1. The number of para-hydroxylation sites is 1. The summed E-state index contributed by atoms with van der Waals surface area (Å²) in [6, 6.07) is 36.2. The molecule has 0 spiro atoms. The van der Waals surface area contributed by atoms with Gasteiger partial charge in [-0.3, -0.25) is 0 Å². The van der Waals surface area contributed by atoms with Crippen molar-refractivity contribution < 1.29 is 0 Å². The number of rotatable bonds is 4. The average Bonchev–Trinajstić information content (AvgIpc) is 2.71. The molecule has 27 heavy (non-hydrogen) atoms. The van der Waals surface area contributed by atoms with Crippen LogP contribution in [0.15, 0.2) is 103 Å². The van der Waals surface area contributed by atoms with Crippen molar-refractivity contribution in [3.63, 3.8) is 0 Å². The fraction of sp³-hybridized carbons (Fsp3) is 0.0769. The van der Waals surface area contributed by atoms with Crippen molar-refractivity contribution in [1.82, 2.24) is 0 Å². The van der Waals surface area contributed by atoms with E-state index in [1.165, 1.54) is 27.8 Å². The zero-order valence-electron chi connectivity index (χ0n) is 15.5. The molecule has 1 unspecified atom stereocenters. The van der Waals surface area contributed by atoms with E-state index in [0.717, 1.165) is 11.3 Å². The van der Waals surface area contributed by atoms with Gasteiger partial charge in [-0.05, 0) is 40.8 Å². The molecule has 0 aliphatic heterocycles. The molecule has 1 heteroatoms. The van der Waals surface area contributed by atoms with Gasteiger partial charge in [0, 0.05) is 11.6 Å². The van der Waals surface area contributed by atoms with Gasteiger partial charge in [-0.2, -0.15) is 0 Å². The number of benzene rings is 4. The van der Waals surface area contributed by atoms with Crippen LogP contribution in [0.5, 0.6) is 0 Å². The highest BCUT2D eigenvalue weighted by Gasteiger charge is 2.19. The Hall–Kier alpha value is -3.32. The summed E-state index contributed by atoms with van der Waals surface area (Å²) < 4.78 is 0. The maximum atomic E-state index is 6.37. The predicted octanol–water partition coefficient (Wildman–Crippen LogP) is 6.42. The Balaban J connectivity index is 1.86. The molecule has 1 nitrogen and oxygen atoms in total. The molecule has 4 aromatic carbocycles. The smallest absolute Gasteiger partial charge is 0.0360 e. The molecule has 0 aliphatic carbocycles. The van der Waals surface area contributed by atoms with E-state index in [9.17, 15) is 0 Å². The molecule has 0 fully saturated rings. The molecular weight excluding hydrogens is 326 g/mol. The fourth-order valence-corrected chi connectivity index (χ4v) is 3.69. The Bertz CT molecular complexity index is 1050. The van der Waals surface area contributed by atoms with Crippen molar-refractivity contribution in [2.75, 3.05) is 5.73 Å². The van der Waals surface area contributed by atoms with Gasteiger partial charge in [0.1, 0.15) is 0 Å². The summed E-state index contributed by atoms with van der Waals surface area (Å²) in [4.78, 5) is 0. The molecule has 0 bridgehead atoms. The first-order valence-electron chi connectivity index (χ1n) is 9.29. The summed E-state index contributed by atoms with van der Waals surface area (Å²) in [5.41, 5.74) is 14.6. The number of nitrogen functional groups attached to an aromatic ring is 1. The second-order valence-electron chi connectivity index (χ2n) is 6.97. The molecule has 2 N–H and O–H groups in total. The molecule has 4 rings (SSSR count). The molecule has 0 amide bonds. The lowest BCUT2D eigenvalue weighted by Crippen LogP contribution is -2.06. The van der Waals surface area contributed by atoms with Gasteiger partial charge in [0.2, 0.25) is 0 Å². The van der Waals surface area contributed by atoms with E-state index in [4.69, 9.17) is 5.73 Å². The molecule has 0 aliphatic rings. The monoisotopic (exact) mass is 349 g/mol. The maximum Gasteiger partial charge on any atom is 0.0360 e. The summed E-state index contributed by atoms with van der Waals surface area (Å²) in [6.45, 7) is 2.13. The third kappa shape index (κ3) is 3.63. The topological polar surface area (TPSA) is 26.0 Å². The number of hydrogen-bond acceptors (Lipinski definition) is 1. The third-order valence-electron chi connectivity index (χ3n) is 5.01. The molecular formula is C26H23N. The van der Waals surface area contributed by atoms with Crippen molar-refractivity contribution in [3.05, 3.63) is 125 Å². The van der Waals surface area contributed by atoms with Crippen molar-refractivity contribution in [2.24, 2.45) is 0 Å². The molecule has 0 saturated carbocycles. The van der Waals surface area contributed by atoms with E-state index in [1.54, 1.807) is 0 Å². The summed E-state index contributed by atoms with van der Waals surface area (Å²) in [5.74, 6) is 0.108. The number of hydrogen-bond donors (Lipinski definition) is 1. The summed E-state index contributed by atoms with van der Waals surface area (Å²) in [7, 11) is 0. The van der Waals surface area contributed by atoms with Crippen LogP contribution in [-0.4, -0.2) is 0 Å². The van der Waals surface area contributed by atoms with Crippen LogP contribution in [0.25, 0.3) is 11.1 Å². The first-order chi connectivity index (χ1) is 13.2. The number of nitrogens with two attached hydrogens (primary N) is 1. The van der Waals surface area contributed by atoms with Gasteiger partial charge < -0.3 is 5.73 Å². The van der Waals surface area contributed by atoms with Crippen LogP contribution in [-0.2, 0) is 0 Å². The van der Waals surface area contributed by atoms with Crippen LogP contribution in [0, 0.1) is 6.92 Å². The summed E-state index contributed by atoms with van der Waals surface area (Å²) in [6.07, 6.45) is 0. The first kappa shape index (κ1) is 17.1. The minimum Gasteiger partial charge on any atom is -0.398 e. The maximum absolute atomic E-state index is 6.37. The van der Waals surface area contributed by atoms with Crippen LogP contribution in [0.1, 0.15) is 28.2 Å². The molecule has 132 valence electrons. The van der Waals surface area contributed by atoms with E-state index in [2.05, 4.69) is 97.9 Å².